The fourth-order valence-corrected chi connectivity index (χ4v) is 4.40. The minimum absolute atomic E-state index is 0.0240. The largest absolute Gasteiger partial charge is 0.494 e. The molecule has 0 N–H and O–H groups in total. The van der Waals surface area contributed by atoms with Gasteiger partial charge in [0.15, 0.2) is 0 Å². The first-order valence-corrected chi connectivity index (χ1v) is 10.5. The van der Waals surface area contributed by atoms with Crippen molar-refractivity contribution < 1.29 is 19.1 Å². The molecule has 1 aromatic rings. The highest BCUT2D eigenvalue weighted by Gasteiger charge is 2.34. The lowest BCUT2D eigenvalue weighted by atomic mass is 9.98. The monoisotopic (exact) mass is 405 g/mol. The summed E-state index contributed by atoms with van der Waals surface area (Å²) in [5.41, 5.74) is 0.878. The molecule has 1 aliphatic heterocycles. The van der Waals surface area contributed by atoms with E-state index >= 15 is 0 Å². The Hall–Kier alpha value is -1.86. The number of benzene rings is 1. The Kier molecular flexibility index (Phi) is 6.90. The topological polar surface area (TPSA) is 55.8 Å². The summed E-state index contributed by atoms with van der Waals surface area (Å²) in [5.74, 6) is 0.146. The van der Waals surface area contributed by atoms with Gasteiger partial charge in [0.2, 0.25) is 0 Å². The fraction of sp³-hybridized carbons (Fsp3) is 0.450. The van der Waals surface area contributed by atoms with E-state index in [0.717, 1.165) is 37.0 Å². The van der Waals surface area contributed by atoms with Gasteiger partial charge in [-0.15, -0.1) is 0 Å². The summed E-state index contributed by atoms with van der Waals surface area (Å²) in [6, 6.07) is 7.49. The van der Waals surface area contributed by atoms with Gasteiger partial charge in [0.25, 0.3) is 5.91 Å². The summed E-state index contributed by atoms with van der Waals surface area (Å²) in [6.45, 7) is 2.41. The molecular weight excluding hydrogens is 382 g/mol. The molecule has 0 radical (unpaired) electrons. The van der Waals surface area contributed by atoms with Gasteiger partial charge in [-0.05, 0) is 56.4 Å². The number of esters is 1. The molecule has 2 fully saturated rings. The van der Waals surface area contributed by atoms with E-state index in [2.05, 4.69) is 0 Å². The maximum absolute atomic E-state index is 12.6. The molecule has 27 heavy (non-hydrogen) atoms. The third kappa shape index (κ3) is 5.32. The molecule has 0 aromatic heterocycles. The first-order chi connectivity index (χ1) is 13.1. The van der Waals surface area contributed by atoms with Gasteiger partial charge in [-0.25, -0.2) is 0 Å². The van der Waals surface area contributed by atoms with Crippen molar-refractivity contribution in [3.63, 3.8) is 0 Å². The first kappa shape index (κ1) is 19.9. The Morgan fingerprint density at radius 2 is 1.96 bits per heavy atom. The molecule has 0 atom stereocenters. The standard InChI is InChI=1S/C20H23NO4S2/c1-2-24-15-10-8-14(9-11-15)12-17-19(23)21(20(26)27-17)13-18(22)25-16-6-4-3-5-7-16/h8-12,16H,2-7,13H2,1H3/b17-12-. The Bertz CT molecular complexity index is 739. The van der Waals surface area contributed by atoms with Crippen LogP contribution in [-0.2, 0) is 14.3 Å². The van der Waals surface area contributed by atoms with E-state index in [9.17, 15) is 9.59 Å². The minimum Gasteiger partial charge on any atom is -0.494 e. The Morgan fingerprint density at radius 3 is 2.63 bits per heavy atom. The second-order valence-electron chi connectivity index (χ2n) is 6.52. The zero-order chi connectivity index (χ0) is 19.2. The maximum Gasteiger partial charge on any atom is 0.326 e. The summed E-state index contributed by atoms with van der Waals surface area (Å²) in [6.07, 6.45) is 6.93. The van der Waals surface area contributed by atoms with Gasteiger partial charge in [-0.1, -0.05) is 42.5 Å². The number of ether oxygens (including phenoxy) is 2. The van der Waals surface area contributed by atoms with Crippen molar-refractivity contribution in [1.82, 2.24) is 4.90 Å². The van der Waals surface area contributed by atoms with E-state index in [-0.39, 0.29) is 24.5 Å². The van der Waals surface area contributed by atoms with E-state index in [1.807, 2.05) is 31.2 Å². The van der Waals surface area contributed by atoms with Crippen LogP contribution < -0.4 is 4.74 Å². The van der Waals surface area contributed by atoms with Crippen LogP contribution in [0.3, 0.4) is 0 Å². The van der Waals surface area contributed by atoms with Gasteiger partial charge < -0.3 is 9.47 Å². The van der Waals surface area contributed by atoms with Crippen LogP contribution in [0.1, 0.15) is 44.6 Å². The number of carbonyl (C=O) groups is 2. The molecular formula is C20H23NO4S2. The maximum atomic E-state index is 12.6. The third-order valence-electron chi connectivity index (χ3n) is 4.50. The smallest absolute Gasteiger partial charge is 0.326 e. The lowest BCUT2D eigenvalue weighted by Crippen LogP contribution is -2.36. The van der Waals surface area contributed by atoms with Crippen molar-refractivity contribution in [2.24, 2.45) is 0 Å². The van der Waals surface area contributed by atoms with Crippen molar-refractivity contribution in [2.45, 2.75) is 45.1 Å². The number of thioether (sulfide) groups is 1. The fourth-order valence-electron chi connectivity index (χ4n) is 3.15. The van der Waals surface area contributed by atoms with Gasteiger partial charge >= 0.3 is 5.97 Å². The molecule has 1 aliphatic carbocycles. The third-order valence-corrected chi connectivity index (χ3v) is 5.88. The second kappa shape index (κ2) is 9.37. The number of thiocarbonyl (C=S) groups is 1. The molecule has 0 bridgehead atoms. The molecule has 1 saturated heterocycles. The summed E-state index contributed by atoms with van der Waals surface area (Å²) >= 11 is 6.50. The Balaban J connectivity index is 1.61. The zero-order valence-corrected chi connectivity index (χ0v) is 16.9. The molecule has 1 amide bonds. The van der Waals surface area contributed by atoms with Crippen molar-refractivity contribution in [3.05, 3.63) is 34.7 Å². The van der Waals surface area contributed by atoms with Crippen molar-refractivity contribution in [2.75, 3.05) is 13.2 Å². The number of rotatable bonds is 6. The number of hydrogen-bond donors (Lipinski definition) is 0. The van der Waals surface area contributed by atoms with E-state index in [1.54, 1.807) is 6.08 Å². The Labute approximate surface area is 169 Å². The van der Waals surface area contributed by atoms with Crippen LogP contribution in [-0.4, -0.2) is 40.4 Å². The van der Waals surface area contributed by atoms with Gasteiger partial charge in [0.05, 0.1) is 11.5 Å². The molecule has 5 nitrogen and oxygen atoms in total. The van der Waals surface area contributed by atoms with E-state index in [0.29, 0.717) is 15.8 Å². The number of amides is 1. The quantitative estimate of drug-likeness (QED) is 0.402. The Morgan fingerprint density at radius 1 is 1.26 bits per heavy atom. The lowest BCUT2D eigenvalue weighted by molar-refractivity contribution is -0.152. The molecule has 7 heteroatoms. The summed E-state index contributed by atoms with van der Waals surface area (Å²) < 4.78 is 11.3. The molecule has 0 unspecified atom stereocenters. The summed E-state index contributed by atoms with van der Waals surface area (Å²) in [7, 11) is 0. The molecule has 1 aromatic carbocycles. The van der Waals surface area contributed by atoms with Crippen LogP contribution in [0.2, 0.25) is 0 Å². The van der Waals surface area contributed by atoms with Gasteiger partial charge in [-0.2, -0.15) is 0 Å². The van der Waals surface area contributed by atoms with Crippen LogP contribution in [0.25, 0.3) is 6.08 Å². The normalized spacial score (nSPS) is 19.6. The molecule has 0 spiro atoms. The SMILES string of the molecule is CCOc1ccc(/C=C2\SC(=S)N(CC(=O)OC3CCCCC3)C2=O)cc1. The summed E-state index contributed by atoms with van der Waals surface area (Å²) in [5, 5.41) is 0. The number of hydrogen-bond acceptors (Lipinski definition) is 6. The lowest BCUT2D eigenvalue weighted by Gasteiger charge is -2.23. The molecule has 2 aliphatic rings. The van der Waals surface area contributed by atoms with Crippen LogP contribution in [0.5, 0.6) is 5.75 Å². The first-order valence-electron chi connectivity index (χ1n) is 9.24. The zero-order valence-electron chi connectivity index (χ0n) is 15.3. The van der Waals surface area contributed by atoms with Gasteiger partial charge in [-0.3, -0.25) is 14.5 Å². The van der Waals surface area contributed by atoms with Crippen LogP contribution in [0.4, 0.5) is 0 Å². The predicted molar refractivity (Wildman–Crippen MR) is 110 cm³/mol. The van der Waals surface area contributed by atoms with E-state index < -0.39 is 0 Å². The minimum atomic E-state index is -0.388. The van der Waals surface area contributed by atoms with E-state index in [4.69, 9.17) is 21.7 Å². The van der Waals surface area contributed by atoms with Crippen molar-refractivity contribution in [3.8, 4) is 5.75 Å². The number of nitrogens with zero attached hydrogens (tertiary/aromatic N) is 1. The van der Waals surface area contributed by atoms with E-state index in [1.165, 1.54) is 23.1 Å². The molecule has 1 heterocycles. The summed E-state index contributed by atoms with van der Waals surface area (Å²) in [4.78, 5) is 26.7. The highest BCUT2D eigenvalue weighted by Crippen LogP contribution is 2.33. The molecule has 1 saturated carbocycles. The average Bonchev–Trinajstić information content (AvgIpc) is 2.92. The highest BCUT2D eigenvalue weighted by molar-refractivity contribution is 8.26. The van der Waals surface area contributed by atoms with Crippen LogP contribution >= 0.6 is 24.0 Å². The van der Waals surface area contributed by atoms with Crippen LogP contribution in [0, 0.1) is 0 Å². The van der Waals surface area contributed by atoms with Crippen LogP contribution in [0.15, 0.2) is 29.2 Å². The molecule has 144 valence electrons. The highest BCUT2D eigenvalue weighted by atomic mass is 32.2. The van der Waals surface area contributed by atoms with Crippen molar-refractivity contribution in [1.29, 1.82) is 0 Å². The van der Waals surface area contributed by atoms with Crippen molar-refractivity contribution >= 4 is 46.3 Å². The molecule has 3 rings (SSSR count). The average molecular weight is 406 g/mol. The number of carbonyl (C=O) groups excluding carboxylic acids is 2. The second-order valence-corrected chi connectivity index (χ2v) is 8.20. The van der Waals surface area contributed by atoms with Gasteiger partial charge in [0.1, 0.15) is 22.7 Å². The van der Waals surface area contributed by atoms with Gasteiger partial charge in [0, 0.05) is 0 Å². The predicted octanol–water partition coefficient (Wildman–Crippen LogP) is 4.16.